The third-order valence-electron chi connectivity index (χ3n) is 3.79. The van der Waals surface area contributed by atoms with Gasteiger partial charge in [-0.25, -0.2) is 9.37 Å². The quantitative estimate of drug-likeness (QED) is 0.474. The second-order valence-electron chi connectivity index (χ2n) is 5.37. The predicted octanol–water partition coefficient (Wildman–Crippen LogP) is 5.33. The number of hydrogen-bond acceptors (Lipinski definition) is 3. The Balaban J connectivity index is 1.89. The highest BCUT2D eigenvalue weighted by molar-refractivity contribution is 7.21. The molecular weight excluding hydrogens is 321 g/mol. The minimum atomic E-state index is -0.381. The lowest BCUT2D eigenvalue weighted by molar-refractivity contribution is 0.103. The monoisotopic (exact) mass is 333 g/mol. The minimum Gasteiger partial charge on any atom is -0.289 e. The Kier molecular flexibility index (Phi) is 3.67. The third kappa shape index (κ3) is 2.61. The zero-order valence-corrected chi connectivity index (χ0v) is 13.4. The van der Waals surface area contributed by atoms with Gasteiger partial charge < -0.3 is 0 Å². The van der Waals surface area contributed by atoms with E-state index in [2.05, 4.69) is 4.98 Å². The van der Waals surface area contributed by atoms with Crippen LogP contribution in [-0.4, -0.2) is 10.8 Å². The molecule has 1 aromatic heterocycles. The predicted molar refractivity (Wildman–Crippen MR) is 94.9 cm³/mol. The highest BCUT2D eigenvalue weighted by Gasteiger charge is 2.18. The second-order valence-corrected chi connectivity index (χ2v) is 6.40. The van der Waals surface area contributed by atoms with E-state index in [1.54, 1.807) is 12.1 Å². The molecule has 0 aliphatic carbocycles. The fraction of sp³-hybridized carbons (Fsp3) is 0. The van der Waals surface area contributed by atoms with Gasteiger partial charge in [-0.3, -0.25) is 4.79 Å². The normalized spacial score (nSPS) is 10.9. The van der Waals surface area contributed by atoms with Crippen LogP contribution in [0, 0.1) is 5.82 Å². The standard InChI is InChI=1S/C20H12FNOS/c21-14-10-11-15(19(23)13-6-2-1-3-7-13)16(12-14)20-22-17-8-4-5-9-18(17)24-20/h1-12H. The van der Waals surface area contributed by atoms with E-state index in [4.69, 9.17) is 0 Å². The van der Waals surface area contributed by atoms with Crippen molar-refractivity contribution in [1.29, 1.82) is 0 Å². The number of para-hydroxylation sites is 1. The number of hydrogen-bond donors (Lipinski definition) is 0. The lowest BCUT2D eigenvalue weighted by Crippen LogP contribution is -2.03. The van der Waals surface area contributed by atoms with Crippen LogP contribution in [0.3, 0.4) is 0 Å². The maximum Gasteiger partial charge on any atom is 0.193 e. The summed E-state index contributed by atoms with van der Waals surface area (Å²) in [6.45, 7) is 0. The van der Waals surface area contributed by atoms with E-state index in [-0.39, 0.29) is 11.6 Å². The summed E-state index contributed by atoms with van der Waals surface area (Å²) in [7, 11) is 0. The Labute approximate surface area is 142 Å². The van der Waals surface area contributed by atoms with Gasteiger partial charge in [0, 0.05) is 16.7 Å². The summed E-state index contributed by atoms with van der Waals surface area (Å²) in [6.07, 6.45) is 0. The maximum atomic E-state index is 13.8. The topological polar surface area (TPSA) is 30.0 Å². The van der Waals surface area contributed by atoms with Crippen molar-refractivity contribution in [2.75, 3.05) is 0 Å². The molecule has 0 amide bonds. The molecule has 116 valence electrons. The van der Waals surface area contributed by atoms with Crippen molar-refractivity contribution in [3.05, 3.63) is 89.7 Å². The molecule has 4 heteroatoms. The van der Waals surface area contributed by atoms with Gasteiger partial charge >= 0.3 is 0 Å². The molecule has 0 unspecified atom stereocenters. The van der Waals surface area contributed by atoms with E-state index in [1.165, 1.54) is 29.5 Å². The molecule has 24 heavy (non-hydrogen) atoms. The van der Waals surface area contributed by atoms with Crippen molar-refractivity contribution in [2.24, 2.45) is 0 Å². The van der Waals surface area contributed by atoms with Crippen molar-refractivity contribution in [3.63, 3.8) is 0 Å². The highest BCUT2D eigenvalue weighted by Crippen LogP contribution is 2.33. The molecule has 1 heterocycles. The molecule has 0 N–H and O–H groups in total. The molecule has 0 aliphatic rings. The van der Waals surface area contributed by atoms with E-state index >= 15 is 0 Å². The molecule has 0 saturated heterocycles. The van der Waals surface area contributed by atoms with Gasteiger partial charge in [0.2, 0.25) is 0 Å². The summed E-state index contributed by atoms with van der Waals surface area (Å²) >= 11 is 1.46. The van der Waals surface area contributed by atoms with Gasteiger partial charge in [0.25, 0.3) is 0 Å². The Bertz CT molecular complexity index is 1010. The van der Waals surface area contributed by atoms with Gasteiger partial charge in [-0.05, 0) is 30.3 Å². The number of carbonyl (C=O) groups excluding carboxylic acids is 1. The van der Waals surface area contributed by atoms with E-state index in [0.29, 0.717) is 21.7 Å². The average Bonchev–Trinajstić information content (AvgIpc) is 3.06. The molecule has 0 saturated carbocycles. The van der Waals surface area contributed by atoms with Crippen LogP contribution in [0.5, 0.6) is 0 Å². The number of benzene rings is 3. The first-order valence-electron chi connectivity index (χ1n) is 7.47. The first-order valence-corrected chi connectivity index (χ1v) is 8.29. The van der Waals surface area contributed by atoms with E-state index in [0.717, 1.165) is 10.2 Å². The van der Waals surface area contributed by atoms with Crippen LogP contribution in [0.25, 0.3) is 20.8 Å². The summed E-state index contributed by atoms with van der Waals surface area (Å²) < 4.78 is 14.8. The largest absolute Gasteiger partial charge is 0.289 e. The molecule has 0 spiro atoms. The lowest BCUT2D eigenvalue weighted by Gasteiger charge is -2.07. The molecule has 0 radical (unpaired) electrons. The summed E-state index contributed by atoms with van der Waals surface area (Å²) in [4.78, 5) is 17.4. The minimum absolute atomic E-state index is 0.134. The van der Waals surface area contributed by atoms with Crippen molar-refractivity contribution < 1.29 is 9.18 Å². The SMILES string of the molecule is O=C(c1ccccc1)c1ccc(F)cc1-c1nc2ccccc2s1. The number of fused-ring (bicyclic) bond motifs is 1. The molecule has 4 rings (SSSR count). The molecule has 4 aromatic rings. The van der Waals surface area contributed by atoms with Crippen molar-refractivity contribution >= 4 is 27.3 Å². The molecule has 0 aliphatic heterocycles. The lowest BCUT2D eigenvalue weighted by atomic mass is 9.98. The number of aromatic nitrogens is 1. The van der Waals surface area contributed by atoms with E-state index < -0.39 is 0 Å². The van der Waals surface area contributed by atoms with Crippen LogP contribution in [0.2, 0.25) is 0 Å². The zero-order valence-electron chi connectivity index (χ0n) is 12.6. The number of thiazole rings is 1. The number of nitrogens with zero attached hydrogens (tertiary/aromatic N) is 1. The van der Waals surface area contributed by atoms with E-state index in [9.17, 15) is 9.18 Å². The van der Waals surface area contributed by atoms with Gasteiger partial charge in [0.1, 0.15) is 10.8 Å². The van der Waals surface area contributed by atoms with Crippen molar-refractivity contribution in [1.82, 2.24) is 4.98 Å². The zero-order chi connectivity index (χ0) is 16.5. The first kappa shape index (κ1) is 14.7. The van der Waals surface area contributed by atoms with E-state index in [1.807, 2.05) is 42.5 Å². The van der Waals surface area contributed by atoms with Crippen LogP contribution >= 0.6 is 11.3 Å². The fourth-order valence-electron chi connectivity index (χ4n) is 2.62. The van der Waals surface area contributed by atoms with Crippen LogP contribution < -0.4 is 0 Å². The molecule has 0 bridgehead atoms. The highest BCUT2D eigenvalue weighted by atomic mass is 32.1. The fourth-order valence-corrected chi connectivity index (χ4v) is 3.62. The van der Waals surface area contributed by atoms with Crippen molar-refractivity contribution in [3.8, 4) is 10.6 Å². The van der Waals surface area contributed by atoms with Gasteiger partial charge in [-0.2, -0.15) is 0 Å². The summed E-state index contributed by atoms with van der Waals surface area (Å²) in [5.74, 6) is -0.515. The summed E-state index contributed by atoms with van der Waals surface area (Å²) in [5, 5.41) is 0.648. The van der Waals surface area contributed by atoms with Gasteiger partial charge in [-0.15, -0.1) is 11.3 Å². The van der Waals surface area contributed by atoms with Crippen LogP contribution in [-0.2, 0) is 0 Å². The van der Waals surface area contributed by atoms with Crippen LogP contribution in [0.15, 0.2) is 72.8 Å². The number of carbonyl (C=O) groups is 1. The van der Waals surface area contributed by atoms with Gasteiger partial charge in [0.05, 0.1) is 10.2 Å². The summed E-state index contributed by atoms with van der Waals surface area (Å²) in [5.41, 5.74) is 2.41. The Hall–Kier alpha value is -2.85. The first-order chi connectivity index (χ1) is 11.7. The molecule has 0 atom stereocenters. The van der Waals surface area contributed by atoms with Crippen LogP contribution in [0.4, 0.5) is 4.39 Å². The maximum absolute atomic E-state index is 13.8. The third-order valence-corrected chi connectivity index (χ3v) is 4.86. The Morgan fingerprint density at radius 1 is 0.917 bits per heavy atom. The molecule has 3 aromatic carbocycles. The molecule has 0 fully saturated rings. The number of rotatable bonds is 3. The smallest absolute Gasteiger partial charge is 0.193 e. The van der Waals surface area contributed by atoms with Gasteiger partial charge in [-0.1, -0.05) is 42.5 Å². The molecule has 2 nitrogen and oxygen atoms in total. The number of halogens is 1. The molecular formula is C20H12FNOS. The summed E-state index contributed by atoms with van der Waals surface area (Å²) in [6, 6.07) is 21.0. The Morgan fingerprint density at radius 2 is 1.67 bits per heavy atom. The van der Waals surface area contributed by atoms with Crippen molar-refractivity contribution in [2.45, 2.75) is 0 Å². The van der Waals surface area contributed by atoms with Crippen LogP contribution in [0.1, 0.15) is 15.9 Å². The second kappa shape index (κ2) is 5.98. The van der Waals surface area contributed by atoms with Gasteiger partial charge in [0.15, 0.2) is 5.78 Å². The average molecular weight is 333 g/mol. The number of ketones is 1. The Morgan fingerprint density at radius 3 is 2.46 bits per heavy atom.